The molecule has 3 heterocycles. The summed E-state index contributed by atoms with van der Waals surface area (Å²) in [6, 6.07) is 5.91. The number of rotatable bonds is 5. The van der Waals surface area contributed by atoms with Gasteiger partial charge in [-0.2, -0.15) is 0 Å². The highest BCUT2D eigenvalue weighted by Crippen LogP contribution is 2.32. The van der Waals surface area contributed by atoms with Crippen molar-refractivity contribution in [2.45, 2.75) is 31.1 Å². The third-order valence-corrected chi connectivity index (χ3v) is 4.46. The molecule has 9 nitrogen and oxygen atoms in total. The lowest BCUT2D eigenvalue weighted by atomic mass is 10.1. The molecular weight excluding hydrogens is 357 g/mol. The number of anilines is 1. The summed E-state index contributed by atoms with van der Waals surface area (Å²) in [5.41, 5.74) is 7.33. The fourth-order valence-corrected chi connectivity index (χ4v) is 3.03. The van der Waals surface area contributed by atoms with Crippen molar-refractivity contribution in [3.05, 3.63) is 48.3 Å². The van der Waals surface area contributed by atoms with E-state index in [0.717, 1.165) is 5.56 Å². The van der Waals surface area contributed by atoms with Crippen LogP contribution in [0.4, 0.5) is 10.2 Å². The van der Waals surface area contributed by atoms with Gasteiger partial charge in [-0.25, -0.2) is 19.3 Å². The third kappa shape index (κ3) is 3.35. The van der Waals surface area contributed by atoms with Gasteiger partial charge in [-0.15, -0.1) is 0 Å². The molecule has 27 heavy (non-hydrogen) atoms. The standard InChI is InChI=1S/C17H18FN5O4/c18-10-3-1-9(2-4-10)5-26-6-11-13(24)14(25)17(27-11)23-8-22-12-15(19)20-7-21-16(12)23/h1-4,7-8,11,13-14,17,24-25H,5-6H2,(H2,19,20,21)/t11-,13-,14-,17-/m1/s1. The molecule has 2 aromatic heterocycles. The zero-order valence-electron chi connectivity index (χ0n) is 14.1. The van der Waals surface area contributed by atoms with E-state index in [9.17, 15) is 14.6 Å². The van der Waals surface area contributed by atoms with E-state index in [0.29, 0.717) is 11.2 Å². The number of halogens is 1. The van der Waals surface area contributed by atoms with Gasteiger partial charge in [0, 0.05) is 0 Å². The molecule has 1 aliphatic heterocycles. The Bertz CT molecular complexity index is 935. The summed E-state index contributed by atoms with van der Waals surface area (Å²) < 4.78 is 25.7. The molecule has 1 aliphatic rings. The van der Waals surface area contributed by atoms with Crippen molar-refractivity contribution in [2.75, 3.05) is 12.3 Å². The molecule has 1 aromatic carbocycles. The lowest BCUT2D eigenvalue weighted by Crippen LogP contribution is -2.33. The van der Waals surface area contributed by atoms with E-state index in [2.05, 4.69) is 15.0 Å². The summed E-state index contributed by atoms with van der Waals surface area (Å²) in [6.45, 7) is 0.279. The summed E-state index contributed by atoms with van der Waals surface area (Å²) >= 11 is 0. The highest BCUT2D eigenvalue weighted by atomic mass is 19.1. The minimum absolute atomic E-state index is 0.0514. The minimum atomic E-state index is -1.20. The molecule has 3 aromatic rings. The van der Waals surface area contributed by atoms with Crippen molar-refractivity contribution in [1.29, 1.82) is 0 Å². The van der Waals surface area contributed by atoms with Gasteiger partial charge in [0.05, 0.1) is 19.5 Å². The monoisotopic (exact) mass is 375 g/mol. The van der Waals surface area contributed by atoms with Crippen LogP contribution in [0.25, 0.3) is 11.2 Å². The van der Waals surface area contributed by atoms with Crippen LogP contribution in [0.5, 0.6) is 0 Å². The number of aliphatic hydroxyl groups excluding tert-OH is 2. The number of hydrogen-bond acceptors (Lipinski definition) is 8. The molecule has 4 N–H and O–H groups in total. The van der Waals surface area contributed by atoms with Crippen LogP contribution in [-0.4, -0.2) is 54.7 Å². The summed E-state index contributed by atoms with van der Waals surface area (Å²) in [6.07, 6.45) is -1.27. The number of ether oxygens (including phenoxy) is 2. The lowest BCUT2D eigenvalue weighted by molar-refractivity contribution is -0.0682. The van der Waals surface area contributed by atoms with Gasteiger partial charge in [-0.1, -0.05) is 12.1 Å². The number of aromatic nitrogens is 4. The molecule has 0 radical (unpaired) electrons. The molecule has 0 saturated carbocycles. The summed E-state index contributed by atoms with van der Waals surface area (Å²) in [5.74, 6) is -0.109. The number of nitrogen functional groups attached to an aromatic ring is 1. The molecule has 4 atom stereocenters. The molecule has 0 aliphatic carbocycles. The number of imidazole rings is 1. The van der Waals surface area contributed by atoms with Crippen LogP contribution in [0.3, 0.4) is 0 Å². The fraction of sp³-hybridized carbons (Fsp3) is 0.353. The normalized spacial score (nSPS) is 25.3. The van der Waals surface area contributed by atoms with Crippen molar-refractivity contribution in [3.63, 3.8) is 0 Å². The number of aliphatic hydroxyl groups is 2. The zero-order chi connectivity index (χ0) is 19.0. The van der Waals surface area contributed by atoms with Gasteiger partial charge >= 0.3 is 0 Å². The van der Waals surface area contributed by atoms with Crippen LogP contribution in [0, 0.1) is 5.82 Å². The maximum absolute atomic E-state index is 12.9. The van der Waals surface area contributed by atoms with Crippen LogP contribution in [0.1, 0.15) is 11.8 Å². The van der Waals surface area contributed by atoms with Crippen LogP contribution < -0.4 is 5.73 Å². The largest absolute Gasteiger partial charge is 0.387 e. The average molecular weight is 375 g/mol. The Labute approximate surface area is 153 Å². The Balaban J connectivity index is 1.44. The number of nitrogens with zero attached hydrogens (tertiary/aromatic N) is 4. The topological polar surface area (TPSA) is 129 Å². The highest BCUT2D eigenvalue weighted by molar-refractivity contribution is 5.81. The second-order valence-electron chi connectivity index (χ2n) is 6.27. The maximum Gasteiger partial charge on any atom is 0.167 e. The Morgan fingerprint density at radius 3 is 2.70 bits per heavy atom. The molecule has 4 rings (SSSR count). The molecule has 142 valence electrons. The summed E-state index contributed by atoms with van der Waals surface area (Å²) in [4.78, 5) is 12.1. The van der Waals surface area contributed by atoms with Gasteiger partial charge in [0.2, 0.25) is 0 Å². The van der Waals surface area contributed by atoms with Crippen molar-refractivity contribution < 1.29 is 24.1 Å². The van der Waals surface area contributed by atoms with Crippen LogP contribution in [0.2, 0.25) is 0 Å². The van der Waals surface area contributed by atoms with Gasteiger partial charge in [0.1, 0.15) is 36.0 Å². The minimum Gasteiger partial charge on any atom is -0.387 e. The quantitative estimate of drug-likeness (QED) is 0.584. The first kappa shape index (κ1) is 17.7. The Kier molecular flexibility index (Phi) is 4.70. The van der Waals surface area contributed by atoms with E-state index in [-0.39, 0.29) is 24.8 Å². The second kappa shape index (κ2) is 7.16. The van der Waals surface area contributed by atoms with E-state index >= 15 is 0 Å². The molecule has 0 amide bonds. The first-order chi connectivity index (χ1) is 13.0. The van der Waals surface area contributed by atoms with Crippen molar-refractivity contribution in [1.82, 2.24) is 19.5 Å². The highest BCUT2D eigenvalue weighted by Gasteiger charge is 2.44. The zero-order valence-corrected chi connectivity index (χ0v) is 14.1. The van der Waals surface area contributed by atoms with Crippen LogP contribution >= 0.6 is 0 Å². The van der Waals surface area contributed by atoms with E-state index < -0.39 is 24.5 Å². The lowest BCUT2D eigenvalue weighted by Gasteiger charge is -2.16. The first-order valence-electron chi connectivity index (χ1n) is 8.31. The summed E-state index contributed by atoms with van der Waals surface area (Å²) in [5, 5.41) is 20.7. The fourth-order valence-electron chi connectivity index (χ4n) is 3.03. The number of hydrogen-bond donors (Lipinski definition) is 3. The summed E-state index contributed by atoms with van der Waals surface area (Å²) in [7, 11) is 0. The molecule has 10 heteroatoms. The van der Waals surface area contributed by atoms with Gasteiger partial charge in [-0.05, 0) is 17.7 Å². The number of fused-ring (bicyclic) bond motifs is 1. The van der Waals surface area contributed by atoms with E-state index in [1.807, 2.05) is 0 Å². The molecular formula is C17H18FN5O4. The number of nitrogens with two attached hydrogens (primary N) is 1. The second-order valence-corrected chi connectivity index (χ2v) is 6.27. The third-order valence-electron chi connectivity index (χ3n) is 4.46. The van der Waals surface area contributed by atoms with E-state index in [1.165, 1.54) is 29.4 Å². The average Bonchev–Trinajstić information content (AvgIpc) is 3.21. The van der Waals surface area contributed by atoms with Crippen molar-refractivity contribution in [2.24, 2.45) is 0 Å². The maximum atomic E-state index is 12.9. The molecule has 1 saturated heterocycles. The molecule has 0 unspecified atom stereocenters. The van der Waals surface area contributed by atoms with E-state index in [4.69, 9.17) is 15.2 Å². The van der Waals surface area contributed by atoms with Gasteiger partial charge < -0.3 is 25.4 Å². The predicted octanol–water partition coefficient (Wildman–Crippen LogP) is 0.384. The molecule has 0 spiro atoms. The Morgan fingerprint density at radius 2 is 1.93 bits per heavy atom. The van der Waals surface area contributed by atoms with Crippen molar-refractivity contribution in [3.8, 4) is 0 Å². The Hall–Kier alpha value is -2.66. The van der Waals surface area contributed by atoms with Crippen LogP contribution in [0.15, 0.2) is 36.9 Å². The van der Waals surface area contributed by atoms with Gasteiger partial charge in [-0.3, -0.25) is 4.57 Å². The van der Waals surface area contributed by atoms with Gasteiger partial charge in [0.15, 0.2) is 17.7 Å². The van der Waals surface area contributed by atoms with Gasteiger partial charge in [0.25, 0.3) is 0 Å². The molecule has 0 bridgehead atoms. The first-order valence-corrected chi connectivity index (χ1v) is 8.31. The van der Waals surface area contributed by atoms with Crippen LogP contribution in [-0.2, 0) is 16.1 Å². The van der Waals surface area contributed by atoms with Crippen molar-refractivity contribution >= 4 is 17.0 Å². The smallest absolute Gasteiger partial charge is 0.167 e. The van der Waals surface area contributed by atoms with E-state index in [1.54, 1.807) is 12.1 Å². The predicted molar refractivity (Wildman–Crippen MR) is 91.7 cm³/mol. The number of benzene rings is 1. The molecule has 1 fully saturated rings. The Morgan fingerprint density at radius 1 is 1.15 bits per heavy atom. The SMILES string of the molecule is Nc1ncnc2c1ncn2[C@@H]1O[C@H](COCc2ccc(F)cc2)[C@@H](O)[C@H]1O.